The van der Waals surface area contributed by atoms with E-state index in [9.17, 15) is 18.4 Å². The molecule has 2 aromatic carbocycles. The molecule has 156 valence electrons. The molecule has 0 aliphatic rings. The van der Waals surface area contributed by atoms with Crippen LogP contribution >= 0.6 is 23.2 Å². The van der Waals surface area contributed by atoms with Crippen LogP contribution in [0, 0.1) is 11.6 Å². The van der Waals surface area contributed by atoms with Crippen LogP contribution in [-0.2, 0) is 11.3 Å². The van der Waals surface area contributed by atoms with Crippen molar-refractivity contribution >= 4 is 51.6 Å². The Morgan fingerprint density at radius 3 is 2.35 bits per heavy atom. The summed E-state index contributed by atoms with van der Waals surface area (Å²) in [6.45, 7) is 0.318. The average molecular weight is 460 g/mol. The van der Waals surface area contributed by atoms with E-state index in [4.69, 9.17) is 23.2 Å². The largest absolute Gasteiger partial charge is 0.327 e. The number of anilines is 1. The standard InChI is InChI=1S/C22H13Cl2F2N3O2/c23-17-8-14(26)9-18(24)19(17)28-22(31)20(30)16-11-29(21-15(16)2-1-7-27-21)10-12-3-5-13(25)6-4-12/h1-9,11H,10H2,(H,28,31). The van der Waals surface area contributed by atoms with Gasteiger partial charge in [-0.2, -0.15) is 0 Å². The van der Waals surface area contributed by atoms with Gasteiger partial charge in [0.25, 0.3) is 11.7 Å². The second-order valence-electron chi connectivity index (χ2n) is 6.70. The minimum Gasteiger partial charge on any atom is -0.327 e. The second-order valence-corrected chi connectivity index (χ2v) is 7.51. The Kier molecular flexibility index (Phi) is 5.71. The minimum atomic E-state index is -0.986. The van der Waals surface area contributed by atoms with Crippen molar-refractivity contribution in [3.05, 3.63) is 93.7 Å². The van der Waals surface area contributed by atoms with Gasteiger partial charge in [0, 0.05) is 24.3 Å². The molecule has 0 spiro atoms. The number of nitrogens with zero attached hydrogens (tertiary/aromatic N) is 2. The number of hydrogen-bond acceptors (Lipinski definition) is 3. The third-order valence-corrected chi connectivity index (χ3v) is 5.19. The maximum atomic E-state index is 13.4. The minimum absolute atomic E-state index is 0.0590. The van der Waals surface area contributed by atoms with Crippen molar-refractivity contribution in [2.45, 2.75) is 6.54 Å². The number of rotatable bonds is 5. The van der Waals surface area contributed by atoms with Crippen molar-refractivity contribution < 1.29 is 18.4 Å². The zero-order chi connectivity index (χ0) is 22.1. The van der Waals surface area contributed by atoms with E-state index in [1.807, 2.05) is 0 Å². The topological polar surface area (TPSA) is 64.0 Å². The molecule has 2 heterocycles. The van der Waals surface area contributed by atoms with Gasteiger partial charge in [0.15, 0.2) is 0 Å². The van der Waals surface area contributed by atoms with Gasteiger partial charge in [0.2, 0.25) is 0 Å². The molecule has 0 saturated carbocycles. The first-order chi connectivity index (χ1) is 14.8. The van der Waals surface area contributed by atoms with Gasteiger partial charge in [0.05, 0.1) is 21.3 Å². The Morgan fingerprint density at radius 1 is 1.00 bits per heavy atom. The Bertz CT molecular complexity index is 1300. The first-order valence-electron chi connectivity index (χ1n) is 9.02. The Balaban J connectivity index is 1.67. The molecule has 2 aromatic heterocycles. The van der Waals surface area contributed by atoms with E-state index in [1.165, 1.54) is 18.3 Å². The van der Waals surface area contributed by atoms with Crippen LogP contribution in [0.15, 0.2) is 60.9 Å². The number of aromatic nitrogens is 2. The van der Waals surface area contributed by atoms with Crippen LogP contribution in [0.4, 0.5) is 14.5 Å². The molecule has 4 rings (SSSR count). The Labute approximate surface area is 185 Å². The summed E-state index contributed by atoms with van der Waals surface area (Å²) in [6.07, 6.45) is 3.08. The van der Waals surface area contributed by atoms with Gasteiger partial charge < -0.3 is 9.88 Å². The molecular formula is C22H13Cl2F2N3O2. The highest BCUT2D eigenvalue weighted by atomic mass is 35.5. The highest BCUT2D eigenvalue weighted by Gasteiger charge is 2.24. The quantitative estimate of drug-likeness (QED) is 0.317. The number of carbonyl (C=O) groups excluding carboxylic acids is 2. The molecule has 9 heteroatoms. The fourth-order valence-corrected chi connectivity index (χ4v) is 3.72. The van der Waals surface area contributed by atoms with E-state index in [2.05, 4.69) is 10.3 Å². The fraction of sp³-hybridized carbons (Fsp3) is 0.0455. The number of halogens is 4. The van der Waals surface area contributed by atoms with E-state index in [1.54, 1.807) is 35.0 Å². The molecule has 1 amide bonds. The number of pyridine rings is 1. The molecule has 0 saturated heterocycles. The third-order valence-electron chi connectivity index (χ3n) is 4.60. The smallest absolute Gasteiger partial charge is 0.296 e. The van der Waals surface area contributed by atoms with E-state index >= 15 is 0 Å². The number of fused-ring (bicyclic) bond motifs is 1. The van der Waals surface area contributed by atoms with E-state index in [0.717, 1.165) is 17.7 Å². The van der Waals surface area contributed by atoms with Crippen molar-refractivity contribution in [1.29, 1.82) is 0 Å². The van der Waals surface area contributed by atoms with Crippen molar-refractivity contribution in [2.75, 3.05) is 5.32 Å². The lowest BCUT2D eigenvalue weighted by Gasteiger charge is -2.08. The van der Waals surface area contributed by atoms with Crippen molar-refractivity contribution in [2.24, 2.45) is 0 Å². The summed E-state index contributed by atoms with van der Waals surface area (Å²) in [4.78, 5) is 29.8. The molecule has 0 unspecified atom stereocenters. The number of nitrogens with one attached hydrogen (secondary N) is 1. The van der Waals surface area contributed by atoms with E-state index in [0.29, 0.717) is 17.6 Å². The summed E-state index contributed by atoms with van der Waals surface area (Å²) in [7, 11) is 0. The molecule has 0 fully saturated rings. The number of amides is 1. The molecular weight excluding hydrogens is 447 g/mol. The number of benzene rings is 2. The van der Waals surface area contributed by atoms with Gasteiger partial charge in [-0.05, 0) is 42.0 Å². The maximum Gasteiger partial charge on any atom is 0.296 e. The molecule has 4 aromatic rings. The number of Topliss-reactive ketones (excluding diaryl/α,β-unsaturated/α-hetero) is 1. The summed E-state index contributed by atoms with van der Waals surface area (Å²) in [6, 6.07) is 11.2. The summed E-state index contributed by atoms with van der Waals surface area (Å²) in [5, 5.41) is 2.55. The summed E-state index contributed by atoms with van der Waals surface area (Å²) in [5.74, 6) is -2.86. The normalized spacial score (nSPS) is 11.0. The van der Waals surface area contributed by atoms with Crippen LogP contribution in [0.5, 0.6) is 0 Å². The van der Waals surface area contributed by atoms with Gasteiger partial charge in [-0.15, -0.1) is 0 Å². The molecule has 0 bridgehead atoms. The van der Waals surface area contributed by atoms with Crippen LogP contribution in [0.3, 0.4) is 0 Å². The van der Waals surface area contributed by atoms with Crippen molar-refractivity contribution in [1.82, 2.24) is 9.55 Å². The predicted molar refractivity (Wildman–Crippen MR) is 115 cm³/mol. The molecule has 0 aliphatic heterocycles. The van der Waals surface area contributed by atoms with Gasteiger partial charge in [-0.3, -0.25) is 9.59 Å². The predicted octanol–water partition coefficient (Wildman–Crippen LogP) is 5.49. The lowest BCUT2D eigenvalue weighted by Crippen LogP contribution is -2.23. The van der Waals surface area contributed by atoms with E-state index < -0.39 is 17.5 Å². The molecule has 1 N–H and O–H groups in total. The molecule has 0 aliphatic carbocycles. The van der Waals surface area contributed by atoms with Crippen LogP contribution in [0.25, 0.3) is 11.0 Å². The van der Waals surface area contributed by atoms with Crippen LogP contribution in [0.1, 0.15) is 15.9 Å². The summed E-state index contributed by atoms with van der Waals surface area (Å²) >= 11 is 11.9. The first-order valence-corrected chi connectivity index (χ1v) is 9.77. The van der Waals surface area contributed by atoms with E-state index in [-0.39, 0.29) is 27.1 Å². The Morgan fingerprint density at radius 2 is 1.68 bits per heavy atom. The van der Waals surface area contributed by atoms with Gasteiger partial charge in [0.1, 0.15) is 17.3 Å². The lowest BCUT2D eigenvalue weighted by atomic mass is 10.1. The molecule has 0 radical (unpaired) electrons. The Hall–Kier alpha value is -3.29. The maximum absolute atomic E-state index is 13.4. The number of hydrogen-bond donors (Lipinski definition) is 1. The monoisotopic (exact) mass is 459 g/mol. The molecule has 5 nitrogen and oxygen atoms in total. The average Bonchev–Trinajstić information content (AvgIpc) is 3.10. The zero-order valence-electron chi connectivity index (χ0n) is 15.7. The number of ketones is 1. The van der Waals surface area contributed by atoms with Gasteiger partial charge >= 0.3 is 0 Å². The highest BCUT2D eigenvalue weighted by Crippen LogP contribution is 2.31. The molecule has 0 atom stereocenters. The second kappa shape index (κ2) is 8.45. The lowest BCUT2D eigenvalue weighted by molar-refractivity contribution is -0.112. The van der Waals surface area contributed by atoms with Crippen LogP contribution < -0.4 is 5.32 Å². The van der Waals surface area contributed by atoms with Crippen LogP contribution in [0.2, 0.25) is 10.0 Å². The fourth-order valence-electron chi connectivity index (χ4n) is 3.16. The SMILES string of the molecule is O=C(Nc1c(Cl)cc(F)cc1Cl)C(=O)c1cn(Cc2ccc(F)cc2)c2ncccc12. The summed E-state index contributed by atoms with van der Waals surface area (Å²) < 4.78 is 28.3. The third kappa shape index (κ3) is 4.28. The van der Waals surface area contributed by atoms with Crippen molar-refractivity contribution in [3.63, 3.8) is 0 Å². The first kappa shape index (κ1) is 21.0. The molecule has 31 heavy (non-hydrogen) atoms. The van der Waals surface area contributed by atoms with Crippen LogP contribution in [-0.4, -0.2) is 21.2 Å². The summed E-state index contributed by atoms with van der Waals surface area (Å²) in [5.41, 5.74) is 1.34. The zero-order valence-corrected chi connectivity index (χ0v) is 17.2. The highest BCUT2D eigenvalue weighted by molar-refractivity contribution is 6.50. The number of carbonyl (C=O) groups is 2. The van der Waals surface area contributed by atoms with Gasteiger partial charge in [-0.25, -0.2) is 13.8 Å². The van der Waals surface area contributed by atoms with Gasteiger partial charge in [-0.1, -0.05) is 35.3 Å². The van der Waals surface area contributed by atoms with Crippen molar-refractivity contribution in [3.8, 4) is 0 Å².